The normalized spacial score (nSPS) is 14.6. The number of hydrogen-bond donors (Lipinski definition) is 1. The SMILES string of the molecule is CCCNC(Cc1ccccc1Cl)C(C)CC. The van der Waals surface area contributed by atoms with E-state index in [1.165, 1.54) is 18.4 Å². The lowest BCUT2D eigenvalue weighted by molar-refractivity contribution is 0.365. The minimum Gasteiger partial charge on any atom is -0.313 e. The van der Waals surface area contributed by atoms with E-state index in [2.05, 4.69) is 38.2 Å². The highest BCUT2D eigenvalue weighted by molar-refractivity contribution is 6.31. The smallest absolute Gasteiger partial charge is 0.0438 e. The molecule has 1 aromatic carbocycles. The highest BCUT2D eigenvalue weighted by atomic mass is 35.5. The second-order valence-corrected chi connectivity index (χ2v) is 5.15. The molecule has 0 bridgehead atoms. The Kier molecular flexibility index (Phi) is 6.61. The van der Waals surface area contributed by atoms with Crippen molar-refractivity contribution in [1.29, 1.82) is 0 Å². The first-order valence-corrected chi connectivity index (χ1v) is 7.03. The van der Waals surface area contributed by atoms with E-state index in [9.17, 15) is 0 Å². The zero-order chi connectivity index (χ0) is 12.7. The van der Waals surface area contributed by atoms with Crippen molar-refractivity contribution in [2.24, 2.45) is 5.92 Å². The van der Waals surface area contributed by atoms with Crippen molar-refractivity contribution < 1.29 is 0 Å². The van der Waals surface area contributed by atoms with Crippen LogP contribution < -0.4 is 5.32 Å². The molecule has 2 atom stereocenters. The molecule has 0 spiro atoms. The molecule has 0 aromatic heterocycles. The van der Waals surface area contributed by atoms with Gasteiger partial charge in [-0.1, -0.05) is 57.0 Å². The van der Waals surface area contributed by atoms with Crippen LogP contribution in [0, 0.1) is 5.92 Å². The minimum absolute atomic E-state index is 0.528. The third kappa shape index (κ3) is 4.69. The van der Waals surface area contributed by atoms with Gasteiger partial charge in [0.25, 0.3) is 0 Å². The van der Waals surface area contributed by atoms with E-state index in [1.807, 2.05) is 12.1 Å². The van der Waals surface area contributed by atoms with Crippen LogP contribution in [0.3, 0.4) is 0 Å². The van der Waals surface area contributed by atoms with Crippen LogP contribution >= 0.6 is 11.6 Å². The number of benzene rings is 1. The fourth-order valence-electron chi connectivity index (χ4n) is 1.99. The lowest BCUT2D eigenvalue weighted by Gasteiger charge is -2.24. The van der Waals surface area contributed by atoms with Gasteiger partial charge in [-0.05, 0) is 36.9 Å². The van der Waals surface area contributed by atoms with Gasteiger partial charge in [0.05, 0.1) is 0 Å². The van der Waals surface area contributed by atoms with Crippen LogP contribution in [0.2, 0.25) is 5.02 Å². The molecular weight excluding hydrogens is 230 g/mol. The number of hydrogen-bond acceptors (Lipinski definition) is 1. The van der Waals surface area contributed by atoms with Crippen LogP contribution in [0.5, 0.6) is 0 Å². The fourth-order valence-corrected chi connectivity index (χ4v) is 2.20. The Morgan fingerprint density at radius 1 is 1.24 bits per heavy atom. The van der Waals surface area contributed by atoms with Crippen LogP contribution in [0.4, 0.5) is 0 Å². The quantitative estimate of drug-likeness (QED) is 0.764. The van der Waals surface area contributed by atoms with E-state index in [0.29, 0.717) is 12.0 Å². The average molecular weight is 254 g/mol. The summed E-state index contributed by atoms with van der Waals surface area (Å²) in [6.45, 7) is 7.84. The minimum atomic E-state index is 0.528. The van der Waals surface area contributed by atoms with Crippen molar-refractivity contribution in [2.75, 3.05) is 6.54 Å². The Morgan fingerprint density at radius 3 is 2.53 bits per heavy atom. The molecule has 1 rings (SSSR count). The predicted molar refractivity (Wildman–Crippen MR) is 76.7 cm³/mol. The summed E-state index contributed by atoms with van der Waals surface area (Å²) in [7, 11) is 0. The molecule has 2 unspecified atom stereocenters. The van der Waals surface area contributed by atoms with Gasteiger partial charge in [0.2, 0.25) is 0 Å². The summed E-state index contributed by atoms with van der Waals surface area (Å²) in [6, 6.07) is 8.69. The zero-order valence-electron chi connectivity index (χ0n) is 11.2. The van der Waals surface area contributed by atoms with Gasteiger partial charge < -0.3 is 5.32 Å². The monoisotopic (exact) mass is 253 g/mol. The molecular formula is C15H24ClN. The summed E-state index contributed by atoms with van der Waals surface area (Å²) >= 11 is 6.22. The Hall–Kier alpha value is -0.530. The van der Waals surface area contributed by atoms with Crippen molar-refractivity contribution in [3.8, 4) is 0 Å². The van der Waals surface area contributed by atoms with E-state index in [1.54, 1.807) is 0 Å². The van der Waals surface area contributed by atoms with Gasteiger partial charge in [0.1, 0.15) is 0 Å². The zero-order valence-corrected chi connectivity index (χ0v) is 11.9. The highest BCUT2D eigenvalue weighted by Gasteiger charge is 2.16. The van der Waals surface area contributed by atoms with Gasteiger partial charge in [-0.25, -0.2) is 0 Å². The molecule has 1 N–H and O–H groups in total. The maximum absolute atomic E-state index is 6.22. The Labute approximate surface area is 111 Å². The van der Waals surface area contributed by atoms with E-state index in [-0.39, 0.29) is 0 Å². The average Bonchev–Trinajstić information content (AvgIpc) is 2.35. The van der Waals surface area contributed by atoms with Gasteiger partial charge in [-0.15, -0.1) is 0 Å². The van der Waals surface area contributed by atoms with Crippen LogP contribution in [0.25, 0.3) is 0 Å². The third-order valence-electron chi connectivity index (χ3n) is 3.39. The maximum atomic E-state index is 6.22. The van der Waals surface area contributed by atoms with Crippen LogP contribution in [-0.2, 0) is 6.42 Å². The summed E-state index contributed by atoms with van der Waals surface area (Å²) in [5.41, 5.74) is 1.25. The first kappa shape index (κ1) is 14.5. The molecule has 0 saturated carbocycles. The summed E-state index contributed by atoms with van der Waals surface area (Å²) in [5, 5.41) is 4.53. The molecule has 0 amide bonds. The molecule has 96 valence electrons. The first-order valence-electron chi connectivity index (χ1n) is 6.65. The lowest BCUT2D eigenvalue weighted by atomic mass is 9.93. The summed E-state index contributed by atoms with van der Waals surface area (Å²) in [6.07, 6.45) is 3.40. The second kappa shape index (κ2) is 7.73. The van der Waals surface area contributed by atoms with Gasteiger partial charge in [-0.2, -0.15) is 0 Å². The van der Waals surface area contributed by atoms with Gasteiger partial charge in [0.15, 0.2) is 0 Å². The molecule has 1 nitrogen and oxygen atoms in total. The van der Waals surface area contributed by atoms with E-state index >= 15 is 0 Å². The third-order valence-corrected chi connectivity index (χ3v) is 3.75. The molecule has 0 aliphatic rings. The molecule has 0 saturated heterocycles. The Morgan fingerprint density at radius 2 is 1.94 bits per heavy atom. The topological polar surface area (TPSA) is 12.0 Å². The van der Waals surface area contributed by atoms with Crippen molar-refractivity contribution in [3.05, 3.63) is 34.9 Å². The summed E-state index contributed by atoms with van der Waals surface area (Å²) in [5.74, 6) is 0.679. The first-order chi connectivity index (χ1) is 8.19. The van der Waals surface area contributed by atoms with E-state index < -0.39 is 0 Å². The number of nitrogens with one attached hydrogen (secondary N) is 1. The van der Waals surface area contributed by atoms with Crippen molar-refractivity contribution in [2.45, 2.75) is 46.1 Å². The Balaban J connectivity index is 2.68. The largest absolute Gasteiger partial charge is 0.313 e. The lowest BCUT2D eigenvalue weighted by Crippen LogP contribution is -2.37. The van der Waals surface area contributed by atoms with Gasteiger partial charge in [-0.3, -0.25) is 0 Å². The number of rotatable bonds is 7. The predicted octanol–water partition coefficient (Wildman–Crippen LogP) is 4.30. The van der Waals surface area contributed by atoms with Crippen LogP contribution in [-0.4, -0.2) is 12.6 Å². The fraction of sp³-hybridized carbons (Fsp3) is 0.600. The molecule has 0 heterocycles. The van der Waals surface area contributed by atoms with Crippen molar-refractivity contribution in [1.82, 2.24) is 5.32 Å². The number of halogens is 1. The van der Waals surface area contributed by atoms with E-state index in [4.69, 9.17) is 11.6 Å². The molecule has 17 heavy (non-hydrogen) atoms. The second-order valence-electron chi connectivity index (χ2n) is 4.74. The molecule has 0 aliphatic heterocycles. The van der Waals surface area contributed by atoms with E-state index in [0.717, 1.165) is 18.0 Å². The standard InChI is InChI=1S/C15H24ClN/c1-4-10-17-15(12(3)5-2)11-13-8-6-7-9-14(13)16/h6-9,12,15,17H,4-5,10-11H2,1-3H3. The molecule has 1 aromatic rings. The van der Waals surface area contributed by atoms with Crippen LogP contribution in [0.15, 0.2) is 24.3 Å². The Bertz CT molecular complexity index is 324. The highest BCUT2D eigenvalue weighted by Crippen LogP contribution is 2.20. The van der Waals surface area contributed by atoms with Gasteiger partial charge in [0, 0.05) is 11.1 Å². The molecule has 2 heteroatoms. The summed E-state index contributed by atoms with van der Waals surface area (Å²) < 4.78 is 0. The summed E-state index contributed by atoms with van der Waals surface area (Å²) in [4.78, 5) is 0. The van der Waals surface area contributed by atoms with Crippen molar-refractivity contribution >= 4 is 11.6 Å². The molecule has 0 aliphatic carbocycles. The molecule has 0 radical (unpaired) electrons. The van der Waals surface area contributed by atoms with Crippen molar-refractivity contribution in [3.63, 3.8) is 0 Å². The maximum Gasteiger partial charge on any atom is 0.0438 e. The van der Waals surface area contributed by atoms with Crippen LogP contribution in [0.1, 0.15) is 39.2 Å². The van der Waals surface area contributed by atoms with Gasteiger partial charge >= 0.3 is 0 Å². The molecule has 0 fully saturated rings.